The van der Waals surface area contributed by atoms with Gasteiger partial charge in [0.2, 0.25) is 0 Å². The van der Waals surface area contributed by atoms with E-state index in [1.54, 1.807) is 10.6 Å². The Balaban J connectivity index is 1.77. The minimum atomic E-state index is -0.284. The maximum absolute atomic E-state index is 13.4. The molecule has 5 nitrogen and oxygen atoms in total. The third-order valence-corrected chi connectivity index (χ3v) is 6.86. The van der Waals surface area contributed by atoms with Crippen molar-refractivity contribution in [2.45, 2.75) is 56.9 Å². The lowest BCUT2D eigenvalue weighted by atomic mass is 9.95. The number of allylic oxidation sites excluding steroid dienone is 1. The van der Waals surface area contributed by atoms with E-state index in [1.165, 1.54) is 11.8 Å². The van der Waals surface area contributed by atoms with Crippen LogP contribution in [0.15, 0.2) is 46.4 Å². The number of rotatable bonds is 5. The van der Waals surface area contributed by atoms with Gasteiger partial charge >= 0.3 is 0 Å². The lowest BCUT2D eigenvalue weighted by molar-refractivity contribution is -0.0411. The number of pyridine rings is 1. The molecule has 0 radical (unpaired) electrons. The van der Waals surface area contributed by atoms with Gasteiger partial charge in [0.15, 0.2) is 10.8 Å². The molecule has 162 valence electrons. The van der Waals surface area contributed by atoms with Gasteiger partial charge in [0.25, 0.3) is 5.56 Å². The number of nitrogens with zero attached hydrogens (tertiary/aromatic N) is 3. The number of hydrogen-bond donors (Lipinski definition) is 0. The Morgan fingerprint density at radius 2 is 2.03 bits per heavy atom. The van der Waals surface area contributed by atoms with Gasteiger partial charge in [-0.15, -0.1) is 0 Å². The Morgan fingerprint density at radius 3 is 2.74 bits per heavy atom. The topological polar surface area (TPSA) is 57.0 Å². The van der Waals surface area contributed by atoms with Gasteiger partial charge in [-0.05, 0) is 44.5 Å². The van der Waals surface area contributed by atoms with Gasteiger partial charge < -0.3 is 4.74 Å². The van der Waals surface area contributed by atoms with Crippen molar-refractivity contribution >= 4 is 46.0 Å². The summed E-state index contributed by atoms with van der Waals surface area (Å²) in [5.74, 6) is 0.594. The predicted octanol–water partition coefficient (Wildman–Crippen LogP) is 5.82. The molecule has 4 rings (SSSR count). The number of ether oxygens (including phenoxy) is 1. The molecule has 2 aromatic heterocycles. The lowest BCUT2D eigenvalue weighted by Crippen LogP contribution is -2.33. The first-order valence-electron chi connectivity index (χ1n) is 9.91. The molecule has 0 saturated carbocycles. The van der Waals surface area contributed by atoms with Crippen LogP contribution in [-0.4, -0.2) is 20.1 Å². The fourth-order valence-corrected chi connectivity index (χ4v) is 4.76. The summed E-state index contributed by atoms with van der Waals surface area (Å²) in [6.45, 7) is 10.8. The number of hydrogen-bond acceptors (Lipinski definition) is 5. The molecule has 0 saturated heterocycles. The van der Waals surface area contributed by atoms with E-state index in [0.29, 0.717) is 51.6 Å². The molecule has 0 spiro atoms. The molecule has 3 heterocycles. The lowest BCUT2D eigenvalue weighted by Gasteiger charge is -2.31. The third kappa shape index (κ3) is 4.82. The quantitative estimate of drug-likeness (QED) is 0.264. The van der Waals surface area contributed by atoms with Crippen molar-refractivity contribution in [3.8, 4) is 0 Å². The second kappa shape index (κ2) is 8.58. The number of thioether (sulfide) groups is 1. The summed E-state index contributed by atoms with van der Waals surface area (Å²) in [5, 5.41) is 2.12. The van der Waals surface area contributed by atoms with E-state index in [9.17, 15) is 4.79 Å². The average molecular weight is 476 g/mol. The molecule has 0 atom stereocenters. The molecular weight excluding hydrogens is 453 g/mol. The van der Waals surface area contributed by atoms with Crippen LogP contribution in [0.5, 0.6) is 0 Å². The number of halogens is 2. The highest BCUT2D eigenvalue weighted by atomic mass is 35.5. The van der Waals surface area contributed by atoms with Crippen molar-refractivity contribution in [3.05, 3.63) is 73.6 Å². The zero-order chi connectivity index (χ0) is 22.3. The molecule has 0 fully saturated rings. The number of fused-ring (bicyclic) bond motifs is 2. The fourth-order valence-electron chi connectivity index (χ4n) is 3.51. The summed E-state index contributed by atoms with van der Waals surface area (Å²) in [7, 11) is 0. The summed E-state index contributed by atoms with van der Waals surface area (Å²) < 4.78 is 7.56. The normalized spacial score (nSPS) is 15.1. The van der Waals surface area contributed by atoms with Crippen LogP contribution < -0.4 is 5.56 Å². The summed E-state index contributed by atoms with van der Waals surface area (Å²) in [4.78, 5) is 22.9. The van der Waals surface area contributed by atoms with Crippen LogP contribution in [0.3, 0.4) is 0 Å². The summed E-state index contributed by atoms with van der Waals surface area (Å²) >= 11 is 13.6. The van der Waals surface area contributed by atoms with E-state index >= 15 is 0 Å². The van der Waals surface area contributed by atoms with Gasteiger partial charge in [0.05, 0.1) is 33.3 Å². The Labute approximate surface area is 195 Å². The first-order chi connectivity index (χ1) is 14.6. The molecule has 0 N–H and O–H groups in total. The van der Waals surface area contributed by atoms with E-state index in [1.807, 2.05) is 39.0 Å². The Kier molecular flexibility index (Phi) is 6.19. The van der Waals surface area contributed by atoms with Crippen molar-refractivity contribution in [3.63, 3.8) is 0 Å². The van der Waals surface area contributed by atoms with Crippen molar-refractivity contribution in [2.24, 2.45) is 0 Å². The molecule has 3 aromatic rings. The maximum atomic E-state index is 13.4. The van der Waals surface area contributed by atoms with Gasteiger partial charge in [-0.2, -0.15) is 0 Å². The zero-order valence-corrected chi connectivity index (χ0v) is 20.0. The van der Waals surface area contributed by atoms with Gasteiger partial charge in [0, 0.05) is 24.3 Å². The molecule has 0 bridgehead atoms. The predicted molar refractivity (Wildman–Crippen MR) is 127 cm³/mol. The molecule has 31 heavy (non-hydrogen) atoms. The molecule has 0 aliphatic carbocycles. The van der Waals surface area contributed by atoms with E-state index in [4.69, 9.17) is 37.9 Å². The summed E-state index contributed by atoms with van der Waals surface area (Å²) in [6.07, 6.45) is 0.681. The summed E-state index contributed by atoms with van der Waals surface area (Å²) in [6, 6.07) is 7.40. The van der Waals surface area contributed by atoms with Crippen LogP contribution in [0.4, 0.5) is 0 Å². The Hall–Kier alpha value is -1.86. The van der Waals surface area contributed by atoms with Crippen LogP contribution >= 0.6 is 35.0 Å². The van der Waals surface area contributed by atoms with Crippen molar-refractivity contribution in [2.75, 3.05) is 0 Å². The molecule has 0 amide bonds. The minimum absolute atomic E-state index is 0.121. The van der Waals surface area contributed by atoms with Gasteiger partial charge in [-0.1, -0.05) is 53.2 Å². The van der Waals surface area contributed by atoms with Crippen molar-refractivity contribution in [1.82, 2.24) is 14.5 Å². The van der Waals surface area contributed by atoms with Crippen LogP contribution in [0.25, 0.3) is 11.0 Å². The SMILES string of the molecule is C=C(C)Cn1c(SCc2ccc(Cl)c(Cl)c2)nc2nc3c(cc2c1=O)COC(C)(C)C3. The van der Waals surface area contributed by atoms with Crippen molar-refractivity contribution < 1.29 is 4.74 Å². The van der Waals surface area contributed by atoms with Gasteiger partial charge in [-0.25, -0.2) is 9.97 Å². The molecule has 1 aromatic carbocycles. The van der Waals surface area contributed by atoms with Crippen molar-refractivity contribution in [1.29, 1.82) is 0 Å². The van der Waals surface area contributed by atoms with E-state index in [0.717, 1.165) is 22.4 Å². The van der Waals surface area contributed by atoms with Crippen LogP contribution in [0, 0.1) is 0 Å². The monoisotopic (exact) mass is 475 g/mol. The average Bonchev–Trinajstić information content (AvgIpc) is 2.69. The molecular formula is C23H23Cl2N3O2S. The molecule has 0 unspecified atom stereocenters. The van der Waals surface area contributed by atoms with Crippen LogP contribution in [0.1, 0.15) is 37.6 Å². The second-order valence-electron chi connectivity index (χ2n) is 8.47. The Morgan fingerprint density at radius 1 is 1.26 bits per heavy atom. The van der Waals surface area contributed by atoms with Crippen LogP contribution in [0.2, 0.25) is 10.0 Å². The molecule has 1 aliphatic heterocycles. The van der Waals surface area contributed by atoms with E-state index in [-0.39, 0.29) is 11.2 Å². The minimum Gasteiger partial charge on any atom is -0.370 e. The maximum Gasteiger partial charge on any atom is 0.263 e. The standard InChI is InChI=1S/C23H23Cl2N3O2S/c1-13(2)10-28-21(29)16-8-15-11-30-23(3,4)9-19(15)26-20(16)27-22(28)31-12-14-5-6-17(24)18(25)7-14/h5-8H,1,9-12H2,2-4H3. The number of aromatic nitrogens is 3. The number of benzene rings is 1. The van der Waals surface area contributed by atoms with E-state index < -0.39 is 0 Å². The first-order valence-corrected chi connectivity index (χ1v) is 11.7. The highest BCUT2D eigenvalue weighted by Crippen LogP contribution is 2.30. The Bertz CT molecular complexity index is 1250. The highest BCUT2D eigenvalue weighted by Gasteiger charge is 2.28. The zero-order valence-electron chi connectivity index (χ0n) is 17.7. The first kappa shape index (κ1) is 22.3. The molecule has 1 aliphatic rings. The van der Waals surface area contributed by atoms with Crippen LogP contribution in [-0.2, 0) is 30.1 Å². The largest absolute Gasteiger partial charge is 0.370 e. The highest BCUT2D eigenvalue weighted by molar-refractivity contribution is 7.98. The molecule has 8 heteroatoms. The summed E-state index contributed by atoms with van der Waals surface area (Å²) in [5.41, 5.74) is 3.82. The second-order valence-corrected chi connectivity index (χ2v) is 10.2. The van der Waals surface area contributed by atoms with Gasteiger partial charge in [0.1, 0.15) is 0 Å². The fraction of sp³-hybridized carbons (Fsp3) is 0.348. The van der Waals surface area contributed by atoms with E-state index in [2.05, 4.69) is 6.58 Å². The smallest absolute Gasteiger partial charge is 0.263 e. The van der Waals surface area contributed by atoms with Gasteiger partial charge in [-0.3, -0.25) is 9.36 Å². The third-order valence-electron chi connectivity index (χ3n) is 5.07.